The Kier molecular flexibility index (Phi) is 5.92. The normalized spacial score (nSPS) is 12.4. The second-order valence-electron chi connectivity index (χ2n) is 6.05. The van der Waals surface area contributed by atoms with Gasteiger partial charge in [-0.2, -0.15) is 0 Å². The molecule has 0 fully saturated rings. The number of allylic oxidation sites excluding steroid dienone is 1. The monoisotopic (exact) mass is 387 g/mol. The molecule has 2 aromatic heterocycles. The first-order valence-electron chi connectivity index (χ1n) is 8.45. The largest absolute Gasteiger partial charge is 0.383 e. The van der Waals surface area contributed by atoms with Crippen LogP contribution in [0.5, 0.6) is 0 Å². The second kappa shape index (κ2) is 8.36. The summed E-state index contributed by atoms with van der Waals surface area (Å²) in [5, 5.41) is 12.3. The van der Waals surface area contributed by atoms with Crippen molar-refractivity contribution in [3.8, 4) is 0 Å². The van der Waals surface area contributed by atoms with Gasteiger partial charge in [-0.15, -0.1) is 16.8 Å². The van der Waals surface area contributed by atoms with E-state index < -0.39 is 0 Å². The van der Waals surface area contributed by atoms with Gasteiger partial charge < -0.3 is 10.1 Å². The maximum Gasteiger partial charge on any atom is 0.263 e. The molecule has 3 rings (SSSR count). The Morgan fingerprint density at radius 2 is 2.19 bits per heavy atom. The standard InChI is InChI=1S/C18H21N5O3S/c1-4-9-22-16(25)13-7-5-6-8-14(13)23-17(22)20-21-18(23)27-11-15(24)19-12(2)10-26-3/h4-8,12H,1,9-11H2,2-3H3,(H,19,24)/t12-/m1/s1. The highest BCUT2D eigenvalue weighted by molar-refractivity contribution is 7.99. The van der Waals surface area contributed by atoms with E-state index in [1.165, 1.54) is 16.3 Å². The summed E-state index contributed by atoms with van der Waals surface area (Å²) in [4.78, 5) is 24.9. The summed E-state index contributed by atoms with van der Waals surface area (Å²) in [5.74, 6) is 0.489. The van der Waals surface area contributed by atoms with Crippen molar-refractivity contribution in [2.75, 3.05) is 19.5 Å². The minimum absolute atomic E-state index is 0.0724. The first kappa shape index (κ1) is 19.1. The number of thioether (sulfide) groups is 1. The third-order valence-electron chi connectivity index (χ3n) is 3.95. The molecule has 0 aliphatic heterocycles. The van der Waals surface area contributed by atoms with Crippen LogP contribution in [0.2, 0.25) is 0 Å². The van der Waals surface area contributed by atoms with E-state index in [0.717, 1.165) is 0 Å². The fourth-order valence-corrected chi connectivity index (χ4v) is 3.61. The first-order valence-corrected chi connectivity index (χ1v) is 9.44. The Hall–Kier alpha value is -2.65. The van der Waals surface area contributed by atoms with E-state index in [0.29, 0.717) is 35.0 Å². The number of para-hydroxylation sites is 1. The van der Waals surface area contributed by atoms with Gasteiger partial charge in [-0.3, -0.25) is 18.6 Å². The van der Waals surface area contributed by atoms with Gasteiger partial charge in [0.25, 0.3) is 5.56 Å². The third kappa shape index (κ3) is 3.88. The Balaban J connectivity index is 1.97. The van der Waals surface area contributed by atoms with Gasteiger partial charge >= 0.3 is 0 Å². The summed E-state index contributed by atoms with van der Waals surface area (Å²) in [6.45, 7) is 6.35. The highest BCUT2D eigenvalue weighted by Crippen LogP contribution is 2.21. The van der Waals surface area contributed by atoms with E-state index in [1.807, 2.05) is 25.1 Å². The molecule has 0 aliphatic carbocycles. The molecular weight excluding hydrogens is 366 g/mol. The third-order valence-corrected chi connectivity index (χ3v) is 4.88. The minimum atomic E-state index is -0.145. The summed E-state index contributed by atoms with van der Waals surface area (Å²) in [6.07, 6.45) is 1.64. The van der Waals surface area contributed by atoms with Gasteiger partial charge in [-0.05, 0) is 19.1 Å². The average molecular weight is 387 g/mol. The van der Waals surface area contributed by atoms with Crippen LogP contribution in [0.15, 0.2) is 46.9 Å². The second-order valence-corrected chi connectivity index (χ2v) is 6.99. The van der Waals surface area contributed by atoms with Gasteiger partial charge in [0.1, 0.15) is 0 Å². The number of hydrogen-bond acceptors (Lipinski definition) is 6. The predicted octanol–water partition coefficient (Wildman–Crippen LogP) is 1.47. The Morgan fingerprint density at radius 3 is 2.93 bits per heavy atom. The molecule has 0 saturated carbocycles. The van der Waals surface area contributed by atoms with Crippen molar-refractivity contribution >= 4 is 34.3 Å². The van der Waals surface area contributed by atoms with Crippen LogP contribution in [0.25, 0.3) is 16.7 Å². The van der Waals surface area contributed by atoms with Crippen molar-refractivity contribution in [3.63, 3.8) is 0 Å². The van der Waals surface area contributed by atoms with Gasteiger partial charge in [0.2, 0.25) is 11.7 Å². The van der Waals surface area contributed by atoms with Gasteiger partial charge in [0, 0.05) is 19.7 Å². The molecule has 0 bridgehead atoms. The first-order chi connectivity index (χ1) is 13.1. The van der Waals surface area contributed by atoms with Crippen molar-refractivity contribution in [3.05, 3.63) is 47.3 Å². The lowest BCUT2D eigenvalue weighted by Crippen LogP contribution is -2.36. The molecule has 9 heteroatoms. The summed E-state index contributed by atoms with van der Waals surface area (Å²) in [7, 11) is 1.59. The highest BCUT2D eigenvalue weighted by atomic mass is 32.2. The quantitative estimate of drug-likeness (QED) is 0.465. The predicted molar refractivity (Wildman–Crippen MR) is 105 cm³/mol. The highest BCUT2D eigenvalue weighted by Gasteiger charge is 2.17. The Morgan fingerprint density at radius 1 is 1.41 bits per heavy atom. The Labute approximate surface area is 160 Å². The number of nitrogens with one attached hydrogen (secondary N) is 1. The summed E-state index contributed by atoms with van der Waals surface area (Å²) >= 11 is 1.27. The molecule has 0 unspecified atom stereocenters. The van der Waals surface area contributed by atoms with Crippen LogP contribution in [-0.4, -0.2) is 50.6 Å². The van der Waals surface area contributed by atoms with Crippen LogP contribution in [-0.2, 0) is 16.1 Å². The van der Waals surface area contributed by atoms with E-state index in [1.54, 1.807) is 23.7 Å². The lowest BCUT2D eigenvalue weighted by molar-refractivity contribution is -0.119. The molecule has 1 amide bonds. The lowest BCUT2D eigenvalue weighted by Gasteiger charge is -2.12. The molecule has 0 aliphatic rings. The van der Waals surface area contributed by atoms with Crippen LogP contribution < -0.4 is 10.9 Å². The molecule has 0 saturated heterocycles. The molecule has 1 aromatic carbocycles. The summed E-state index contributed by atoms with van der Waals surface area (Å²) in [6, 6.07) is 7.21. The van der Waals surface area contributed by atoms with E-state index in [4.69, 9.17) is 4.74 Å². The summed E-state index contributed by atoms with van der Waals surface area (Å²) < 4.78 is 8.34. The van der Waals surface area contributed by atoms with Crippen LogP contribution in [0.3, 0.4) is 0 Å². The number of rotatable bonds is 8. The molecule has 0 spiro atoms. The lowest BCUT2D eigenvalue weighted by atomic mass is 10.2. The maximum atomic E-state index is 12.7. The molecule has 2 heterocycles. The van der Waals surface area contributed by atoms with Crippen molar-refractivity contribution in [1.29, 1.82) is 0 Å². The minimum Gasteiger partial charge on any atom is -0.383 e. The molecule has 27 heavy (non-hydrogen) atoms. The number of aromatic nitrogens is 4. The van der Waals surface area contributed by atoms with Gasteiger partial charge in [-0.1, -0.05) is 30.0 Å². The van der Waals surface area contributed by atoms with Crippen LogP contribution in [0.1, 0.15) is 6.92 Å². The van der Waals surface area contributed by atoms with Crippen molar-refractivity contribution in [2.24, 2.45) is 0 Å². The zero-order chi connectivity index (χ0) is 19.4. The molecule has 1 atom stereocenters. The van der Waals surface area contributed by atoms with Crippen molar-refractivity contribution < 1.29 is 9.53 Å². The number of hydrogen-bond donors (Lipinski definition) is 1. The summed E-state index contributed by atoms with van der Waals surface area (Å²) in [5.41, 5.74) is 0.562. The van der Waals surface area contributed by atoms with E-state index in [2.05, 4.69) is 22.1 Å². The van der Waals surface area contributed by atoms with Crippen LogP contribution in [0.4, 0.5) is 0 Å². The molecule has 142 valence electrons. The van der Waals surface area contributed by atoms with Crippen molar-refractivity contribution in [1.82, 2.24) is 24.5 Å². The molecular formula is C18H21N5O3S. The van der Waals surface area contributed by atoms with Crippen molar-refractivity contribution in [2.45, 2.75) is 24.7 Å². The zero-order valence-corrected chi connectivity index (χ0v) is 16.0. The van der Waals surface area contributed by atoms with Gasteiger partial charge in [0.15, 0.2) is 5.16 Å². The number of carbonyl (C=O) groups excluding carboxylic acids is 1. The smallest absolute Gasteiger partial charge is 0.263 e. The van der Waals surface area contributed by atoms with E-state index in [9.17, 15) is 9.59 Å². The molecule has 1 N–H and O–H groups in total. The number of benzene rings is 1. The number of fused-ring (bicyclic) bond motifs is 3. The fraction of sp³-hybridized carbons (Fsp3) is 0.333. The molecule has 3 aromatic rings. The van der Waals surface area contributed by atoms with Crippen LogP contribution in [0, 0.1) is 0 Å². The number of ether oxygens (including phenoxy) is 1. The topological polar surface area (TPSA) is 90.5 Å². The van der Waals surface area contributed by atoms with E-state index in [-0.39, 0.29) is 23.3 Å². The average Bonchev–Trinajstić information content (AvgIpc) is 3.07. The Bertz CT molecular complexity index is 1040. The van der Waals surface area contributed by atoms with Crippen LogP contribution >= 0.6 is 11.8 Å². The van der Waals surface area contributed by atoms with Gasteiger partial charge in [0.05, 0.1) is 23.3 Å². The molecule has 8 nitrogen and oxygen atoms in total. The zero-order valence-electron chi connectivity index (χ0n) is 15.2. The fourth-order valence-electron chi connectivity index (χ4n) is 2.86. The van der Waals surface area contributed by atoms with Gasteiger partial charge in [-0.25, -0.2) is 0 Å². The SMILES string of the molecule is C=CCn1c(=O)c2ccccc2n2c(SCC(=O)N[C@H](C)COC)nnc12. The number of carbonyl (C=O) groups is 1. The number of methoxy groups -OCH3 is 1. The van der Waals surface area contributed by atoms with E-state index >= 15 is 0 Å². The molecule has 0 radical (unpaired) electrons. The maximum absolute atomic E-state index is 12.7. The number of amides is 1. The number of nitrogens with zero attached hydrogens (tertiary/aromatic N) is 4.